The molecule has 3 aromatic rings. The predicted molar refractivity (Wildman–Crippen MR) is 86.4 cm³/mol. The van der Waals surface area contributed by atoms with Crippen LogP contribution >= 0.6 is 0 Å². The fraction of sp³-hybridized carbons (Fsp3) is 0.188. The molecule has 0 saturated carbocycles. The molecule has 1 aromatic carbocycles. The van der Waals surface area contributed by atoms with Crippen molar-refractivity contribution in [1.82, 2.24) is 25.3 Å². The van der Waals surface area contributed by atoms with Crippen LogP contribution in [-0.4, -0.2) is 33.0 Å². The molecule has 0 unspecified atom stereocenters. The topological polar surface area (TPSA) is 99.0 Å². The predicted octanol–water partition coefficient (Wildman–Crippen LogP) is 0.511. The number of ether oxygens (including phenoxy) is 1. The second kappa shape index (κ2) is 6.86. The summed E-state index contributed by atoms with van der Waals surface area (Å²) in [5.41, 5.74) is 0.978. The molecule has 24 heavy (non-hydrogen) atoms. The van der Waals surface area contributed by atoms with E-state index in [1.54, 1.807) is 42.6 Å². The van der Waals surface area contributed by atoms with Gasteiger partial charge in [0.1, 0.15) is 12.1 Å². The Bertz CT molecular complexity index is 921. The first kappa shape index (κ1) is 15.6. The number of hydrogen-bond acceptors (Lipinski definition) is 6. The van der Waals surface area contributed by atoms with Crippen LogP contribution in [-0.2, 0) is 17.9 Å². The molecule has 2 heterocycles. The van der Waals surface area contributed by atoms with E-state index in [-0.39, 0.29) is 18.0 Å². The highest BCUT2D eigenvalue weighted by Gasteiger charge is 2.09. The third kappa shape index (κ3) is 3.37. The van der Waals surface area contributed by atoms with E-state index < -0.39 is 0 Å². The molecule has 0 atom stereocenters. The normalized spacial score (nSPS) is 10.5. The first-order valence-corrected chi connectivity index (χ1v) is 7.25. The molecule has 0 fully saturated rings. The van der Waals surface area contributed by atoms with Gasteiger partial charge in [0.15, 0.2) is 0 Å². The molecule has 1 amide bonds. The van der Waals surface area contributed by atoms with Gasteiger partial charge in [0.25, 0.3) is 5.56 Å². The van der Waals surface area contributed by atoms with Gasteiger partial charge < -0.3 is 10.1 Å². The van der Waals surface area contributed by atoms with Gasteiger partial charge in [-0.05, 0) is 17.7 Å². The smallest absolute Gasteiger partial charge is 0.278 e. The Hall–Kier alpha value is -3.29. The fourth-order valence-electron chi connectivity index (χ4n) is 2.16. The Labute approximate surface area is 137 Å². The summed E-state index contributed by atoms with van der Waals surface area (Å²) in [6.07, 6.45) is 1.61. The zero-order chi connectivity index (χ0) is 16.9. The number of pyridine rings is 1. The Morgan fingerprint density at radius 1 is 1.25 bits per heavy atom. The number of nitrogens with zero attached hydrogens (tertiary/aromatic N) is 4. The molecule has 0 saturated heterocycles. The van der Waals surface area contributed by atoms with Crippen molar-refractivity contribution in [3.05, 3.63) is 58.5 Å². The quantitative estimate of drug-likeness (QED) is 0.734. The van der Waals surface area contributed by atoms with Crippen LogP contribution in [0.1, 0.15) is 5.56 Å². The van der Waals surface area contributed by atoms with Gasteiger partial charge in [-0.3, -0.25) is 9.59 Å². The van der Waals surface area contributed by atoms with E-state index in [1.807, 2.05) is 0 Å². The minimum Gasteiger partial charge on any atom is -0.481 e. The van der Waals surface area contributed by atoms with Gasteiger partial charge in [0.05, 0.1) is 12.5 Å². The second-order valence-electron chi connectivity index (χ2n) is 5.05. The number of rotatable bonds is 5. The van der Waals surface area contributed by atoms with Crippen LogP contribution in [0.2, 0.25) is 0 Å². The minimum absolute atomic E-state index is 0.194. The molecule has 3 rings (SSSR count). The Balaban J connectivity index is 1.66. The first-order chi connectivity index (χ1) is 11.7. The highest BCUT2D eigenvalue weighted by molar-refractivity contribution is 5.78. The number of nitrogens with one attached hydrogen (secondary N) is 1. The highest BCUT2D eigenvalue weighted by Crippen LogP contribution is 2.06. The summed E-state index contributed by atoms with van der Waals surface area (Å²) in [4.78, 5) is 28.3. The maximum atomic E-state index is 12.3. The Morgan fingerprint density at radius 2 is 2.08 bits per heavy atom. The monoisotopic (exact) mass is 325 g/mol. The lowest BCUT2D eigenvalue weighted by molar-refractivity contribution is -0.122. The summed E-state index contributed by atoms with van der Waals surface area (Å²) in [5.74, 6) is 0.167. The van der Waals surface area contributed by atoms with Gasteiger partial charge in [-0.2, -0.15) is 0 Å². The average molecular weight is 325 g/mol. The van der Waals surface area contributed by atoms with Crippen LogP contribution in [0, 0.1) is 0 Å². The van der Waals surface area contributed by atoms with E-state index in [0.29, 0.717) is 23.3 Å². The SMILES string of the molecule is COc1ccc(CNC(=O)Cn2nnc3ccccc3c2=O)cn1. The lowest BCUT2D eigenvalue weighted by atomic mass is 10.2. The van der Waals surface area contributed by atoms with Crippen LogP contribution in [0.15, 0.2) is 47.4 Å². The van der Waals surface area contributed by atoms with E-state index in [9.17, 15) is 9.59 Å². The molecule has 0 aliphatic heterocycles. The number of fused-ring (bicyclic) bond motifs is 1. The number of aromatic nitrogens is 4. The van der Waals surface area contributed by atoms with Crippen molar-refractivity contribution in [3.63, 3.8) is 0 Å². The zero-order valence-electron chi connectivity index (χ0n) is 13.0. The Kier molecular flexibility index (Phi) is 4.46. The maximum Gasteiger partial charge on any atom is 0.278 e. The molecule has 0 aliphatic carbocycles. The summed E-state index contributed by atoms with van der Waals surface area (Å²) in [6, 6.07) is 10.4. The standard InChI is InChI=1S/C16H15N5O3/c1-24-15-7-6-11(9-18-15)8-17-14(22)10-21-16(23)12-4-2-3-5-13(12)19-20-21/h2-7,9H,8,10H2,1H3,(H,17,22). The van der Waals surface area contributed by atoms with Gasteiger partial charge in [-0.1, -0.05) is 23.4 Å². The van der Waals surface area contributed by atoms with Crippen LogP contribution in [0.5, 0.6) is 5.88 Å². The number of hydrogen-bond donors (Lipinski definition) is 1. The molecule has 0 bridgehead atoms. The molecular weight excluding hydrogens is 310 g/mol. The second-order valence-corrected chi connectivity index (χ2v) is 5.05. The number of carbonyl (C=O) groups excluding carboxylic acids is 1. The maximum absolute atomic E-state index is 12.3. The molecule has 0 aliphatic rings. The lowest BCUT2D eigenvalue weighted by Gasteiger charge is -2.07. The zero-order valence-corrected chi connectivity index (χ0v) is 13.0. The van der Waals surface area contributed by atoms with E-state index in [1.165, 1.54) is 7.11 Å². The van der Waals surface area contributed by atoms with Gasteiger partial charge in [-0.15, -0.1) is 5.10 Å². The lowest BCUT2D eigenvalue weighted by Crippen LogP contribution is -2.34. The summed E-state index contributed by atoms with van der Waals surface area (Å²) >= 11 is 0. The number of amides is 1. The summed E-state index contributed by atoms with van der Waals surface area (Å²) < 4.78 is 6.02. The van der Waals surface area contributed by atoms with Crippen LogP contribution in [0.3, 0.4) is 0 Å². The van der Waals surface area contributed by atoms with Crippen molar-refractivity contribution < 1.29 is 9.53 Å². The summed E-state index contributed by atoms with van der Waals surface area (Å²) in [7, 11) is 1.53. The van der Waals surface area contributed by atoms with E-state index in [4.69, 9.17) is 4.74 Å². The van der Waals surface area contributed by atoms with Crippen LogP contribution in [0.4, 0.5) is 0 Å². The summed E-state index contributed by atoms with van der Waals surface area (Å²) in [6.45, 7) is 0.103. The van der Waals surface area contributed by atoms with Crippen molar-refractivity contribution in [2.45, 2.75) is 13.1 Å². The molecule has 122 valence electrons. The third-order valence-electron chi connectivity index (χ3n) is 3.42. The van der Waals surface area contributed by atoms with Gasteiger partial charge in [0, 0.05) is 18.8 Å². The molecule has 0 radical (unpaired) electrons. The molecule has 1 N–H and O–H groups in total. The van der Waals surface area contributed by atoms with Crippen LogP contribution in [0.25, 0.3) is 10.9 Å². The van der Waals surface area contributed by atoms with Crippen molar-refractivity contribution in [2.24, 2.45) is 0 Å². The number of carbonyl (C=O) groups is 1. The third-order valence-corrected chi connectivity index (χ3v) is 3.42. The van der Waals surface area contributed by atoms with Crippen molar-refractivity contribution in [1.29, 1.82) is 0 Å². The fourth-order valence-corrected chi connectivity index (χ4v) is 2.16. The van der Waals surface area contributed by atoms with Gasteiger partial charge in [-0.25, -0.2) is 9.67 Å². The molecule has 8 heteroatoms. The first-order valence-electron chi connectivity index (χ1n) is 7.25. The van der Waals surface area contributed by atoms with Crippen molar-refractivity contribution in [2.75, 3.05) is 7.11 Å². The van der Waals surface area contributed by atoms with Crippen LogP contribution < -0.4 is 15.6 Å². The van der Waals surface area contributed by atoms with Crippen molar-refractivity contribution >= 4 is 16.8 Å². The van der Waals surface area contributed by atoms with Gasteiger partial charge >= 0.3 is 0 Å². The molecular formula is C16H15N5O3. The minimum atomic E-state index is -0.345. The van der Waals surface area contributed by atoms with E-state index in [2.05, 4.69) is 20.6 Å². The van der Waals surface area contributed by atoms with Crippen molar-refractivity contribution in [3.8, 4) is 5.88 Å². The highest BCUT2D eigenvalue weighted by atomic mass is 16.5. The molecule has 8 nitrogen and oxygen atoms in total. The largest absolute Gasteiger partial charge is 0.481 e. The molecule has 0 spiro atoms. The number of methoxy groups -OCH3 is 1. The van der Waals surface area contributed by atoms with Gasteiger partial charge in [0.2, 0.25) is 11.8 Å². The molecule has 2 aromatic heterocycles. The Morgan fingerprint density at radius 3 is 2.83 bits per heavy atom. The average Bonchev–Trinajstić information content (AvgIpc) is 2.63. The summed E-state index contributed by atoms with van der Waals surface area (Å²) in [5, 5.41) is 10.9. The van der Waals surface area contributed by atoms with E-state index >= 15 is 0 Å². The van der Waals surface area contributed by atoms with E-state index in [0.717, 1.165) is 10.2 Å². The number of benzene rings is 1.